The van der Waals surface area contributed by atoms with Crippen molar-refractivity contribution in [2.75, 3.05) is 43.1 Å². The standard InChI is InChI=1S/C32H35F2N5O3/c1-31(2)19-37(27-11-6-21(18-35-27)16-28(40)42-3)14-15-39(31)30(41)25-9-10-26-29(36-25)32(12-4-5-13-32)20-38(26)22-7-8-23(33)24(34)17-22/h6-11,17-18H,4-5,12-16,19-20H2,1-3H3. The van der Waals surface area contributed by atoms with Crippen LogP contribution in [0.2, 0.25) is 0 Å². The number of anilines is 3. The van der Waals surface area contributed by atoms with Crippen LogP contribution in [0.4, 0.5) is 26.0 Å². The average Bonchev–Trinajstić information content (AvgIpc) is 3.58. The molecule has 10 heteroatoms. The molecule has 2 aromatic heterocycles. The van der Waals surface area contributed by atoms with Gasteiger partial charge in [0, 0.05) is 49.5 Å². The van der Waals surface area contributed by atoms with Crippen LogP contribution < -0.4 is 9.80 Å². The van der Waals surface area contributed by atoms with E-state index in [1.54, 1.807) is 18.3 Å². The number of carbonyl (C=O) groups is 2. The van der Waals surface area contributed by atoms with Crippen molar-refractivity contribution in [3.8, 4) is 0 Å². The van der Waals surface area contributed by atoms with Gasteiger partial charge in [0.2, 0.25) is 0 Å². The van der Waals surface area contributed by atoms with Gasteiger partial charge in [-0.1, -0.05) is 18.9 Å². The first kappa shape index (κ1) is 28.1. The van der Waals surface area contributed by atoms with Crippen molar-refractivity contribution >= 4 is 29.1 Å². The molecule has 42 heavy (non-hydrogen) atoms. The summed E-state index contributed by atoms with van der Waals surface area (Å²) in [6.07, 6.45) is 5.88. The maximum absolute atomic E-state index is 14.1. The Morgan fingerprint density at radius 1 is 0.976 bits per heavy atom. The first-order valence-electron chi connectivity index (χ1n) is 14.4. The first-order chi connectivity index (χ1) is 20.1. The molecule has 2 fully saturated rings. The Morgan fingerprint density at radius 3 is 2.43 bits per heavy atom. The number of amides is 1. The number of benzene rings is 1. The summed E-state index contributed by atoms with van der Waals surface area (Å²) in [4.78, 5) is 41.1. The van der Waals surface area contributed by atoms with E-state index in [2.05, 4.69) is 9.88 Å². The topological polar surface area (TPSA) is 78.9 Å². The second kappa shape index (κ2) is 10.6. The van der Waals surface area contributed by atoms with Crippen molar-refractivity contribution in [2.45, 2.75) is 56.9 Å². The number of nitrogens with zero attached hydrogens (tertiary/aromatic N) is 5. The molecule has 6 rings (SSSR count). The lowest BCUT2D eigenvalue weighted by Gasteiger charge is -2.47. The number of pyridine rings is 2. The zero-order valence-corrected chi connectivity index (χ0v) is 24.2. The number of aromatic nitrogens is 2. The predicted molar refractivity (Wildman–Crippen MR) is 155 cm³/mol. The van der Waals surface area contributed by atoms with Crippen molar-refractivity contribution in [3.63, 3.8) is 0 Å². The van der Waals surface area contributed by atoms with Crippen LogP contribution in [0, 0.1) is 11.6 Å². The van der Waals surface area contributed by atoms with Gasteiger partial charge in [-0.15, -0.1) is 0 Å². The van der Waals surface area contributed by atoms with Crippen molar-refractivity contribution in [2.24, 2.45) is 0 Å². The zero-order valence-electron chi connectivity index (χ0n) is 24.2. The van der Waals surface area contributed by atoms with Crippen molar-refractivity contribution in [1.29, 1.82) is 0 Å². The highest BCUT2D eigenvalue weighted by molar-refractivity contribution is 5.94. The normalized spacial score (nSPS) is 18.8. The third-order valence-electron chi connectivity index (χ3n) is 8.98. The Morgan fingerprint density at radius 2 is 1.76 bits per heavy atom. The number of esters is 1. The predicted octanol–water partition coefficient (Wildman–Crippen LogP) is 5.17. The van der Waals surface area contributed by atoms with E-state index in [0.717, 1.165) is 54.5 Å². The summed E-state index contributed by atoms with van der Waals surface area (Å²) >= 11 is 0. The molecule has 1 saturated heterocycles. The van der Waals surface area contributed by atoms with Gasteiger partial charge in [-0.3, -0.25) is 9.59 Å². The van der Waals surface area contributed by atoms with Gasteiger partial charge in [-0.05, 0) is 62.6 Å². The summed E-state index contributed by atoms with van der Waals surface area (Å²) in [6, 6.07) is 11.4. The number of rotatable bonds is 5. The molecule has 0 N–H and O–H groups in total. The van der Waals surface area contributed by atoms with Crippen molar-refractivity contribution in [1.82, 2.24) is 14.9 Å². The van der Waals surface area contributed by atoms with E-state index in [0.29, 0.717) is 37.6 Å². The van der Waals surface area contributed by atoms with Gasteiger partial charge < -0.3 is 19.4 Å². The van der Waals surface area contributed by atoms with Crippen LogP contribution in [0.5, 0.6) is 0 Å². The Hall–Kier alpha value is -4.08. The van der Waals surface area contributed by atoms with E-state index in [1.807, 2.05) is 41.8 Å². The number of fused-ring (bicyclic) bond motifs is 2. The SMILES string of the molecule is COC(=O)Cc1ccc(N2CCN(C(=O)c3ccc4c(n3)C3(CCCC3)CN4c3ccc(F)c(F)c3)C(C)(C)C2)nc1. The molecule has 220 valence electrons. The van der Waals surface area contributed by atoms with Crippen LogP contribution in [0.15, 0.2) is 48.7 Å². The summed E-state index contributed by atoms with van der Waals surface area (Å²) in [7, 11) is 1.36. The van der Waals surface area contributed by atoms with E-state index in [9.17, 15) is 18.4 Å². The minimum atomic E-state index is -0.880. The highest BCUT2D eigenvalue weighted by atomic mass is 19.2. The van der Waals surface area contributed by atoms with Crippen LogP contribution in [0.3, 0.4) is 0 Å². The van der Waals surface area contributed by atoms with Gasteiger partial charge in [0.1, 0.15) is 11.5 Å². The van der Waals surface area contributed by atoms with Crippen LogP contribution >= 0.6 is 0 Å². The summed E-state index contributed by atoms with van der Waals surface area (Å²) in [5.74, 6) is -1.39. The molecule has 1 saturated carbocycles. The van der Waals surface area contributed by atoms with Crippen LogP contribution in [0.25, 0.3) is 0 Å². The second-order valence-electron chi connectivity index (χ2n) is 12.2. The molecule has 1 spiro atoms. The van der Waals surface area contributed by atoms with E-state index in [1.165, 1.54) is 13.2 Å². The summed E-state index contributed by atoms with van der Waals surface area (Å²) in [5, 5.41) is 0. The molecule has 1 amide bonds. The molecule has 0 unspecified atom stereocenters. The lowest BCUT2D eigenvalue weighted by Crippen LogP contribution is -2.61. The number of carbonyl (C=O) groups excluding carboxylic acids is 2. The minimum Gasteiger partial charge on any atom is -0.469 e. The number of methoxy groups -OCH3 is 1. The number of hydrogen-bond donors (Lipinski definition) is 0. The molecule has 1 aliphatic carbocycles. The third kappa shape index (κ3) is 4.97. The summed E-state index contributed by atoms with van der Waals surface area (Å²) < 4.78 is 32.6. The second-order valence-corrected chi connectivity index (χ2v) is 12.2. The molecular formula is C32H35F2N5O3. The Kier molecular flexibility index (Phi) is 7.11. The monoisotopic (exact) mass is 575 g/mol. The fourth-order valence-electron chi connectivity index (χ4n) is 6.78. The molecule has 0 atom stereocenters. The molecular weight excluding hydrogens is 540 g/mol. The fraction of sp³-hybridized carbons (Fsp3) is 0.438. The molecule has 2 aliphatic heterocycles. The number of halogens is 2. The van der Waals surface area contributed by atoms with E-state index in [-0.39, 0.29) is 23.7 Å². The van der Waals surface area contributed by atoms with Gasteiger partial charge >= 0.3 is 5.97 Å². The smallest absolute Gasteiger partial charge is 0.310 e. The maximum Gasteiger partial charge on any atom is 0.310 e. The van der Waals surface area contributed by atoms with Gasteiger partial charge in [-0.25, -0.2) is 18.7 Å². The highest BCUT2D eigenvalue weighted by Crippen LogP contribution is 2.51. The molecule has 3 aliphatic rings. The molecule has 1 aromatic carbocycles. The zero-order chi connectivity index (χ0) is 29.6. The number of piperazine rings is 1. The quantitative estimate of drug-likeness (QED) is 0.388. The lowest BCUT2D eigenvalue weighted by atomic mass is 9.84. The largest absolute Gasteiger partial charge is 0.469 e. The third-order valence-corrected chi connectivity index (χ3v) is 8.98. The van der Waals surface area contributed by atoms with Crippen molar-refractivity contribution < 1.29 is 23.1 Å². The van der Waals surface area contributed by atoms with E-state index >= 15 is 0 Å². The summed E-state index contributed by atoms with van der Waals surface area (Å²) in [5.41, 5.74) is 2.79. The van der Waals surface area contributed by atoms with Gasteiger partial charge in [0.05, 0.1) is 30.5 Å². The van der Waals surface area contributed by atoms with Gasteiger partial charge in [0.15, 0.2) is 11.6 Å². The lowest BCUT2D eigenvalue weighted by molar-refractivity contribution is -0.139. The minimum absolute atomic E-state index is 0.122. The van der Waals surface area contributed by atoms with Crippen molar-refractivity contribution in [3.05, 3.63) is 77.2 Å². The fourth-order valence-corrected chi connectivity index (χ4v) is 6.78. The highest BCUT2D eigenvalue weighted by Gasteiger charge is 2.47. The van der Waals surface area contributed by atoms with Gasteiger partial charge in [0.25, 0.3) is 5.91 Å². The van der Waals surface area contributed by atoms with Crippen LogP contribution in [0.1, 0.15) is 61.3 Å². The summed E-state index contributed by atoms with van der Waals surface area (Å²) in [6.45, 7) is 6.41. The average molecular weight is 576 g/mol. The van der Waals surface area contributed by atoms with Crippen LogP contribution in [-0.2, 0) is 21.4 Å². The van der Waals surface area contributed by atoms with Gasteiger partial charge in [-0.2, -0.15) is 0 Å². The van der Waals surface area contributed by atoms with E-state index < -0.39 is 17.2 Å². The Labute approximate surface area is 244 Å². The first-order valence-corrected chi connectivity index (χ1v) is 14.4. The number of hydrogen-bond acceptors (Lipinski definition) is 7. The molecule has 8 nitrogen and oxygen atoms in total. The Balaban J connectivity index is 1.23. The molecule has 4 heterocycles. The van der Waals surface area contributed by atoms with Crippen LogP contribution in [-0.4, -0.2) is 65.6 Å². The number of ether oxygens (including phenoxy) is 1. The molecule has 0 bridgehead atoms. The molecule has 0 radical (unpaired) electrons. The van der Waals surface area contributed by atoms with E-state index in [4.69, 9.17) is 9.72 Å². The molecule has 3 aromatic rings. The maximum atomic E-state index is 14.1. The Bertz CT molecular complexity index is 1520.